The molecule has 7 heteroatoms. The van der Waals surface area contributed by atoms with E-state index in [2.05, 4.69) is 271 Å². The number of para-hydroxylation sites is 1. The molecule has 1 aliphatic heterocycles. The van der Waals surface area contributed by atoms with E-state index in [9.17, 15) is 0 Å². The van der Waals surface area contributed by atoms with Crippen LogP contribution in [0.3, 0.4) is 0 Å². The summed E-state index contributed by atoms with van der Waals surface area (Å²) in [5.74, 6) is 0.978. The lowest BCUT2D eigenvalue weighted by Crippen LogP contribution is -2.35. The molecule has 436 valence electrons. The van der Waals surface area contributed by atoms with Crippen LogP contribution in [-0.4, -0.2) is 26.0 Å². The van der Waals surface area contributed by atoms with E-state index >= 15 is 0 Å². The molecule has 1 unspecified atom stereocenters. The van der Waals surface area contributed by atoms with E-state index in [1.165, 1.54) is 38.3 Å². The van der Waals surface area contributed by atoms with E-state index in [4.69, 9.17) is 18.8 Å². The lowest BCUT2D eigenvalue weighted by Gasteiger charge is -2.40. The second kappa shape index (κ2) is 20.8. The topological polar surface area (TPSA) is 81.1 Å². The van der Waals surface area contributed by atoms with Gasteiger partial charge in [0.2, 0.25) is 0 Å². The van der Waals surface area contributed by atoms with Crippen LogP contribution in [0.2, 0.25) is 0 Å². The third kappa shape index (κ3) is 8.30. The van der Waals surface area contributed by atoms with Gasteiger partial charge in [-0.2, -0.15) is 0 Å². The van der Waals surface area contributed by atoms with Crippen LogP contribution in [-0.2, 0) is 0 Å². The molecule has 1 atom stereocenters. The molecule has 17 aromatic rings. The van der Waals surface area contributed by atoms with E-state index in [1.807, 2.05) is 43.2 Å². The standard InChI is InChI=1S/C86H55N5O2/c1-50(2)86-89-48-62(49-90-86)61-44-73-69-33-32-67(55-30-28-54(29-31-55)63-17-8-9-18-64(63)59-16-12-38-88-47-59)84-82(69)80-72(43-60(45-77(80)92-84)52-26-24-51(25-27-52)53-36-39-87-40-37-53)70-34-35-76(85-83(70)81(73)78(46-61)93-85)91-74-22-10-5-15-58(74)42-71-68(21-11-23-75(71)91)79-65-19-6-3-13-56(65)41-57-14-4-7-20-66(57)79/h3-50,75H,1-2H3. The number of nitrogens with zero attached hydrogens (tertiary/aromatic N) is 5. The minimum Gasteiger partial charge on any atom is -0.455 e. The van der Waals surface area contributed by atoms with Crippen LogP contribution in [0, 0.1) is 0 Å². The van der Waals surface area contributed by atoms with E-state index in [-0.39, 0.29) is 12.0 Å². The number of pyridine rings is 2. The Balaban J connectivity index is 0.878. The first-order chi connectivity index (χ1) is 45.9. The largest absolute Gasteiger partial charge is 0.455 e. The van der Waals surface area contributed by atoms with Crippen molar-refractivity contribution < 1.29 is 8.83 Å². The highest BCUT2D eigenvalue weighted by molar-refractivity contribution is 6.38. The lowest BCUT2D eigenvalue weighted by molar-refractivity contribution is 0.667. The summed E-state index contributed by atoms with van der Waals surface area (Å²) in [6.45, 7) is 4.26. The number of furan rings is 2. The number of benzene rings is 11. The van der Waals surface area contributed by atoms with Crippen molar-refractivity contribution in [2.45, 2.75) is 25.8 Å². The summed E-state index contributed by atoms with van der Waals surface area (Å²) < 4.78 is 15.3. The number of hydrogen-bond donors (Lipinski definition) is 0. The molecule has 2 aliphatic rings. The first-order valence-corrected chi connectivity index (χ1v) is 31.8. The number of fused-ring (bicyclic) bond motifs is 6. The number of aromatic nitrogens is 4. The first-order valence-electron chi connectivity index (χ1n) is 31.8. The molecule has 6 heterocycles. The minimum atomic E-state index is -0.192. The quantitative estimate of drug-likeness (QED) is 0.133. The Morgan fingerprint density at radius 1 is 0.398 bits per heavy atom. The van der Waals surface area contributed by atoms with E-state index in [0.29, 0.717) is 0 Å². The third-order valence-corrected chi connectivity index (χ3v) is 19.4. The highest BCUT2D eigenvalue weighted by atomic mass is 16.3. The maximum Gasteiger partial charge on any atom is 0.159 e. The average Bonchev–Trinajstić information content (AvgIpc) is 1.60. The van der Waals surface area contributed by atoms with Crippen molar-refractivity contribution in [1.29, 1.82) is 0 Å². The zero-order valence-electron chi connectivity index (χ0n) is 50.8. The molecular weight excluding hydrogens is 1130 g/mol. The molecule has 5 aromatic heterocycles. The van der Waals surface area contributed by atoms with Crippen LogP contribution in [0.15, 0.2) is 294 Å². The Bertz CT molecular complexity index is 5950. The molecule has 0 spiro atoms. The fraction of sp³-hybridized carbons (Fsp3) is 0.0465. The Labute approximate surface area is 535 Å². The van der Waals surface area contributed by atoms with Gasteiger partial charge in [-0.1, -0.05) is 190 Å². The molecule has 93 heavy (non-hydrogen) atoms. The molecule has 0 amide bonds. The Kier molecular flexibility index (Phi) is 11.8. The van der Waals surface area contributed by atoms with Gasteiger partial charge in [0, 0.05) is 87.0 Å². The van der Waals surface area contributed by atoms with Crippen molar-refractivity contribution in [3.63, 3.8) is 0 Å². The SMILES string of the molecule is CC(C)c1ncc(-c2cc3oc4c(N5c6ccccc6C=C6C(c7c8ccccc8cc8ccccc78)=CC=CC65)ccc5c6cc(-c7ccc(-c8ccncc8)cc7)cc7oc8c(-c9ccc(-c%10ccccc%10-c%10cccnc%10)cc9)ccc(c(c2)c3c45)c8c76)cn1. The predicted octanol–water partition coefficient (Wildman–Crippen LogP) is 22.8. The molecule has 7 nitrogen and oxygen atoms in total. The minimum absolute atomic E-state index is 0.176. The van der Waals surface area contributed by atoms with Gasteiger partial charge in [0.05, 0.1) is 11.7 Å². The van der Waals surface area contributed by atoms with Crippen LogP contribution in [0.5, 0.6) is 0 Å². The molecule has 1 aliphatic carbocycles. The van der Waals surface area contributed by atoms with Crippen LogP contribution in [0.1, 0.15) is 36.7 Å². The summed E-state index contributed by atoms with van der Waals surface area (Å²) in [4.78, 5) is 21.1. The Morgan fingerprint density at radius 2 is 0.978 bits per heavy atom. The summed E-state index contributed by atoms with van der Waals surface area (Å²) in [5, 5.41) is 13.3. The van der Waals surface area contributed by atoms with Gasteiger partial charge in [0.15, 0.2) is 5.58 Å². The molecule has 0 radical (unpaired) electrons. The van der Waals surface area contributed by atoms with Gasteiger partial charge in [0.1, 0.15) is 22.6 Å². The van der Waals surface area contributed by atoms with Crippen LogP contribution in [0.25, 0.3) is 165 Å². The smallest absolute Gasteiger partial charge is 0.159 e. The average molecular weight is 1190 g/mol. The zero-order chi connectivity index (χ0) is 61.4. The predicted molar refractivity (Wildman–Crippen MR) is 384 cm³/mol. The number of allylic oxidation sites excluding steroid dienone is 2. The second-order valence-electron chi connectivity index (χ2n) is 25.0. The van der Waals surface area contributed by atoms with E-state index in [0.717, 1.165) is 155 Å². The molecule has 0 saturated carbocycles. The summed E-state index contributed by atoms with van der Waals surface area (Å²) in [6.07, 6.45) is 20.7. The normalized spacial score (nSPS) is 14.0. The third-order valence-electron chi connectivity index (χ3n) is 19.4. The van der Waals surface area contributed by atoms with Crippen molar-refractivity contribution in [2.75, 3.05) is 4.90 Å². The fourth-order valence-electron chi connectivity index (χ4n) is 15.1. The van der Waals surface area contributed by atoms with Crippen molar-refractivity contribution in [3.05, 3.63) is 302 Å². The van der Waals surface area contributed by atoms with E-state index in [1.54, 1.807) is 0 Å². The molecule has 19 rings (SSSR count). The first kappa shape index (κ1) is 52.8. The number of anilines is 2. The van der Waals surface area contributed by atoms with Gasteiger partial charge in [0.25, 0.3) is 0 Å². The Morgan fingerprint density at radius 3 is 1.67 bits per heavy atom. The summed E-state index contributed by atoms with van der Waals surface area (Å²) >= 11 is 0. The fourth-order valence-corrected chi connectivity index (χ4v) is 15.1. The maximum atomic E-state index is 7.74. The van der Waals surface area contributed by atoms with Gasteiger partial charge < -0.3 is 13.7 Å². The highest BCUT2D eigenvalue weighted by Crippen LogP contribution is 2.54. The van der Waals surface area contributed by atoms with E-state index < -0.39 is 0 Å². The van der Waals surface area contributed by atoms with Crippen LogP contribution in [0.4, 0.5) is 11.4 Å². The molecule has 0 N–H and O–H groups in total. The van der Waals surface area contributed by atoms with Crippen molar-refractivity contribution in [2.24, 2.45) is 0 Å². The van der Waals surface area contributed by atoms with Crippen LogP contribution >= 0.6 is 0 Å². The van der Waals surface area contributed by atoms with Gasteiger partial charge in [-0.3, -0.25) is 9.97 Å². The zero-order valence-corrected chi connectivity index (χ0v) is 50.8. The second-order valence-corrected chi connectivity index (χ2v) is 25.0. The molecule has 0 fully saturated rings. The number of rotatable bonds is 9. The summed E-state index contributed by atoms with van der Waals surface area (Å²) in [7, 11) is 0. The van der Waals surface area contributed by atoms with Gasteiger partial charge in [-0.05, 0) is 188 Å². The molecule has 0 saturated heterocycles. The summed E-state index contributed by atoms with van der Waals surface area (Å²) in [5.41, 5.74) is 22.8. The molecular formula is C86H55N5O2. The monoisotopic (exact) mass is 1190 g/mol. The van der Waals surface area contributed by atoms with Crippen molar-refractivity contribution in [1.82, 2.24) is 19.9 Å². The molecule has 0 bridgehead atoms. The van der Waals surface area contributed by atoms with Crippen LogP contribution < -0.4 is 4.90 Å². The van der Waals surface area contributed by atoms with Crippen molar-refractivity contribution >= 4 is 110 Å². The van der Waals surface area contributed by atoms with Crippen molar-refractivity contribution in [3.8, 4) is 66.8 Å². The molecule has 12 aromatic carbocycles. The number of hydrogen-bond acceptors (Lipinski definition) is 7. The maximum absolute atomic E-state index is 7.74. The summed E-state index contributed by atoms with van der Waals surface area (Å²) in [6, 6.07) is 81.6. The van der Waals surface area contributed by atoms with Gasteiger partial charge in [-0.15, -0.1) is 0 Å². The Hall–Kier alpha value is -12.1. The van der Waals surface area contributed by atoms with Gasteiger partial charge in [-0.25, -0.2) is 9.97 Å². The lowest BCUT2D eigenvalue weighted by atomic mass is 9.80. The van der Waals surface area contributed by atoms with Gasteiger partial charge >= 0.3 is 0 Å². The highest BCUT2D eigenvalue weighted by Gasteiger charge is 2.35.